The van der Waals surface area contributed by atoms with Gasteiger partial charge in [0, 0.05) is 6.08 Å². The minimum atomic E-state index is 0.0665. The third-order valence-corrected chi connectivity index (χ3v) is 2.43. The van der Waals surface area contributed by atoms with Crippen molar-refractivity contribution in [2.24, 2.45) is 0 Å². The zero-order valence-corrected chi connectivity index (χ0v) is 8.19. The number of aromatic nitrogens is 1. The Morgan fingerprint density at radius 1 is 1.58 bits per heavy atom. The number of halogens is 1. The van der Waals surface area contributed by atoms with Crippen LogP contribution in [0.25, 0.3) is 6.08 Å². The van der Waals surface area contributed by atoms with Gasteiger partial charge in [0.15, 0.2) is 0 Å². The highest BCUT2D eigenvalue weighted by Gasteiger charge is 1.98. The lowest BCUT2D eigenvalue weighted by atomic mass is 10.3. The molecular formula is C7H2BrN3S. The van der Waals surface area contributed by atoms with Crippen LogP contribution in [0.5, 0.6) is 0 Å². The van der Waals surface area contributed by atoms with Gasteiger partial charge in [-0.25, -0.2) is 4.98 Å². The van der Waals surface area contributed by atoms with E-state index in [9.17, 15) is 0 Å². The number of hydrogen-bond donors (Lipinski definition) is 0. The summed E-state index contributed by atoms with van der Waals surface area (Å²) in [5.74, 6) is 0. The van der Waals surface area contributed by atoms with E-state index in [1.54, 1.807) is 18.3 Å². The molecule has 0 bridgehead atoms. The van der Waals surface area contributed by atoms with Gasteiger partial charge in [0.25, 0.3) is 0 Å². The fraction of sp³-hybridized carbons (Fsp3) is 0. The van der Waals surface area contributed by atoms with Crippen LogP contribution < -0.4 is 0 Å². The Morgan fingerprint density at radius 3 is 2.67 bits per heavy atom. The number of hydrogen-bond acceptors (Lipinski definition) is 4. The first kappa shape index (κ1) is 8.92. The van der Waals surface area contributed by atoms with Crippen molar-refractivity contribution in [1.82, 2.24) is 4.98 Å². The Bertz CT molecular complexity index is 378. The molecule has 0 spiro atoms. The van der Waals surface area contributed by atoms with Crippen molar-refractivity contribution in [2.45, 2.75) is 0 Å². The van der Waals surface area contributed by atoms with Gasteiger partial charge < -0.3 is 0 Å². The molecule has 0 aromatic carbocycles. The summed E-state index contributed by atoms with van der Waals surface area (Å²) >= 11 is 4.60. The molecular weight excluding hydrogens is 238 g/mol. The molecule has 0 N–H and O–H groups in total. The molecule has 1 aromatic rings. The minimum Gasteiger partial charge on any atom is -0.244 e. The van der Waals surface area contributed by atoms with Gasteiger partial charge in [-0.2, -0.15) is 10.5 Å². The third kappa shape index (κ3) is 2.16. The van der Waals surface area contributed by atoms with E-state index in [1.807, 2.05) is 0 Å². The molecule has 0 unspecified atom stereocenters. The van der Waals surface area contributed by atoms with Crippen LogP contribution in [-0.4, -0.2) is 4.98 Å². The second-order valence-electron chi connectivity index (χ2n) is 1.78. The number of nitrogens with zero attached hydrogens (tertiary/aromatic N) is 3. The van der Waals surface area contributed by atoms with Crippen molar-refractivity contribution >= 4 is 33.3 Å². The first-order valence-corrected chi connectivity index (χ1v) is 4.50. The molecule has 1 rings (SSSR count). The maximum absolute atomic E-state index is 8.42. The van der Waals surface area contributed by atoms with Crippen LogP contribution in [0.1, 0.15) is 5.01 Å². The largest absolute Gasteiger partial charge is 0.244 e. The molecule has 0 saturated carbocycles. The Kier molecular flexibility index (Phi) is 2.98. The Balaban J connectivity index is 2.97. The van der Waals surface area contributed by atoms with Gasteiger partial charge in [-0.05, 0) is 15.9 Å². The van der Waals surface area contributed by atoms with Gasteiger partial charge in [0.1, 0.15) is 22.7 Å². The molecule has 1 heterocycles. The highest BCUT2D eigenvalue weighted by Crippen LogP contribution is 2.20. The highest BCUT2D eigenvalue weighted by molar-refractivity contribution is 9.11. The normalized spacial score (nSPS) is 8.25. The van der Waals surface area contributed by atoms with Crippen molar-refractivity contribution in [3.8, 4) is 12.1 Å². The fourth-order valence-electron chi connectivity index (χ4n) is 0.547. The van der Waals surface area contributed by atoms with Crippen molar-refractivity contribution < 1.29 is 0 Å². The van der Waals surface area contributed by atoms with E-state index in [2.05, 4.69) is 20.9 Å². The highest BCUT2D eigenvalue weighted by atomic mass is 79.9. The lowest BCUT2D eigenvalue weighted by Crippen LogP contribution is -1.71. The molecule has 0 aliphatic rings. The molecule has 0 atom stereocenters. The number of allylic oxidation sites excluding steroid dienone is 1. The van der Waals surface area contributed by atoms with Gasteiger partial charge >= 0.3 is 0 Å². The van der Waals surface area contributed by atoms with E-state index in [0.717, 1.165) is 3.79 Å². The lowest BCUT2D eigenvalue weighted by molar-refractivity contribution is 1.38. The van der Waals surface area contributed by atoms with E-state index in [1.165, 1.54) is 17.4 Å². The number of nitriles is 2. The first-order valence-electron chi connectivity index (χ1n) is 2.89. The Labute approximate surface area is 81.7 Å². The third-order valence-electron chi connectivity index (χ3n) is 1.00. The van der Waals surface area contributed by atoms with Crippen LogP contribution in [0.4, 0.5) is 0 Å². The molecule has 0 aliphatic heterocycles. The summed E-state index contributed by atoms with van der Waals surface area (Å²) in [7, 11) is 0. The number of rotatable bonds is 1. The summed E-state index contributed by atoms with van der Waals surface area (Å²) < 4.78 is 0.879. The van der Waals surface area contributed by atoms with Gasteiger partial charge in [0.05, 0.1) is 9.98 Å². The summed E-state index contributed by atoms with van der Waals surface area (Å²) in [6.45, 7) is 0. The smallest absolute Gasteiger partial charge is 0.132 e. The molecule has 1 aromatic heterocycles. The van der Waals surface area contributed by atoms with Crippen molar-refractivity contribution in [2.75, 3.05) is 0 Å². The zero-order chi connectivity index (χ0) is 8.97. The van der Waals surface area contributed by atoms with E-state index >= 15 is 0 Å². The molecule has 0 radical (unpaired) electrons. The predicted molar refractivity (Wildman–Crippen MR) is 49.0 cm³/mol. The molecule has 58 valence electrons. The second kappa shape index (κ2) is 4.01. The summed E-state index contributed by atoms with van der Waals surface area (Å²) in [4.78, 5) is 3.94. The standard InChI is InChI=1S/C7H2BrN3S/c8-6-4-11-7(12-6)1-5(2-9)3-10/h1,4H. The van der Waals surface area contributed by atoms with Crippen LogP contribution in [0, 0.1) is 22.7 Å². The summed E-state index contributed by atoms with van der Waals surface area (Å²) in [5, 5.41) is 17.5. The molecule has 5 heteroatoms. The van der Waals surface area contributed by atoms with E-state index in [-0.39, 0.29) is 5.57 Å². The van der Waals surface area contributed by atoms with E-state index < -0.39 is 0 Å². The summed E-state index contributed by atoms with van der Waals surface area (Å²) in [6.07, 6.45) is 3.08. The quantitative estimate of drug-likeness (QED) is 0.707. The first-order chi connectivity index (χ1) is 5.76. The molecule has 3 nitrogen and oxygen atoms in total. The zero-order valence-electron chi connectivity index (χ0n) is 5.78. The summed E-state index contributed by atoms with van der Waals surface area (Å²) in [5.41, 5.74) is 0.0665. The second-order valence-corrected chi connectivity index (χ2v) is 4.23. The molecule has 0 aliphatic carbocycles. The minimum absolute atomic E-state index is 0.0665. The Morgan fingerprint density at radius 2 is 2.25 bits per heavy atom. The van der Waals surface area contributed by atoms with Crippen LogP contribution >= 0.6 is 27.3 Å². The fourth-order valence-corrected chi connectivity index (χ4v) is 1.73. The summed E-state index contributed by atoms with van der Waals surface area (Å²) in [6, 6.07) is 3.52. The van der Waals surface area contributed by atoms with Gasteiger partial charge in [0.2, 0.25) is 0 Å². The van der Waals surface area contributed by atoms with Crippen LogP contribution in [0.2, 0.25) is 0 Å². The predicted octanol–water partition coefficient (Wildman–Crippen LogP) is 2.34. The van der Waals surface area contributed by atoms with Gasteiger partial charge in [-0.15, -0.1) is 11.3 Å². The SMILES string of the molecule is N#CC(C#N)=Cc1ncc(Br)s1. The molecule has 0 amide bonds. The molecule has 0 fully saturated rings. The topological polar surface area (TPSA) is 60.5 Å². The Hall–Kier alpha value is -1.17. The monoisotopic (exact) mass is 239 g/mol. The maximum atomic E-state index is 8.42. The van der Waals surface area contributed by atoms with Crippen molar-refractivity contribution in [3.05, 3.63) is 20.6 Å². The molecule has 12 heavy (non-hydrogen) atoms. The van der Waals surface area contributed by atoms with Crippen LogP contribution in [0.15, 0.2) is 15.6 Å². The van der Waals surface area contributed by atoms with Gasteiger partial charge in [-0.1, -0.05) is 0 Å². The van der Waals surface area contributed by atoms with Crippen molar-refractivity contribution in [3.63, 3.8) is 0 Å². The van der Waals surface area contributed by atoms with E-state index in [0.29, 0.717) is 5.01 Å². The van der Waals surface area contributed by atoms with Crippen molar-refractivity contribution in [1.29, 1.82) is 10.5 Å². The van der Waals surface area contributed by atoms with Gasteiger partial charge in [-0.3, -0.25) is 0 Å². The average Bonchev–Trinajstić information content (AvgIpc) is 2.47. The molecule has 0 saturated heterocycles. The van der Waals surface area contributed by atoms with Crippen LogP contribution in [0.3, 0.4) is 0 Å². The number of thiazole rings is 1. The van der Waals surface area contributed by atoms with Crippen LogP contribution in [-0.2, 0) is 0 Å². The average molecular weight is 240 g/mol. The lowest BCUT2D eigenvalue weighted by Gasteiger charge is -1.79. The maximum Gasteiger partial charge on any atom is 0.132 e. The van der Waals surface area contributed by atoms with E-state index in [4.69, 9.17) is 10.5 Å².